The van der Waals surface area contributed by atoms with Gasteiger partial charge < -0.3 is 10.2 Å². The van der Waals surface area contributed by atoms with E-state index in [1.807, 2.05) is 31.2 Å². The SMILES string of the molecule is Cc1cc(Cl)ccc1NC(=O)c1cc(N2CCC(C)CC2)ccn1. The molecule has 1 aliphatic heterocycles. The summed E-state index contributed by atoms with van der Waals surface area (Å²) in [5.74, 6) is 0.575. The molecule has 1 amide bonds. The number of carbonyl (C=O) groups is 1. The summed E-state index contributed by atoms with van der Waals surface area (Å²) >= 11 is 5.96. The molecule has 0 atom stereocenters. The molecule has 0 radical (unpaired) electrons. The molecule has 3 rings (SSSR count). The van der Waals surface area contributed by atoms with Crippen LogP contribution in [-0.2, 0) is 0 Å². The van der Waals surface area contributed by atoms with Crippen LogP contribution >= 0.6 is 11.6 Å². The number of nitrogens with zero attached hydrogens (tertiary/aromatic N) is 2. The van der Waals surface area contributed by atoms with Crippen molar-refractivity contribution in [2.45, 2.75) is 26.7 Å². The molecule has 1 saturated heterocycles. The Morgan fingerprint density at radius 3 is 2.71 bits per heavy atom. The molecule has 0 aliphatic carbocycles. The van der Waals surface area contributed by atoms with E-state index in [2.05, 4.69) is 22.1 Å². The van der Waals surface area contributed by atoms with Crippen LogP contribution in [0.5, 0.6) is 0 Å². The molecule has 1 N–H and O–H groups in total. The van der Waals surface area contributed by atoms with Crippen LogP contribution in [0.1, 0.15) is 35.8 Å². The van der Waals surface area contributed by atoms with Crippen molar-refractivity contribution in [3.8, 4) is 0 Å². The van der Waals surface area contributed by atoms with Gasteiger partial charge in [-0.05, 0) is 61.6 Å². The standard InChI is InChI=1S/C19H22ClN3O/c1-13-6-9-23(10-7-13)16-5-8-21-18(12-16)19(24)22-17-4-3-15(20)11-14(17)2/h3-5,8,11-13H,6-7,9-10H2,1-2H3,(H,22,24). The van der Waals surface area contributed by atoms with Gasteiger partial charge in [-0.15, -0.1) is 0 Å². The molecule has 2 heterocycles. The lowest BCUT2D eigenvalue weighted by Crippen LogP contribution is -2.33. The van der Waals surface area contributed by atoms with Crippen LogP contribution in [0.2, 0.25) is 5.02 Å². The lowest BCUT2D eigenvalue weighted by molar-refractivity contribution is 0.102. The second-order valence-corrected chi connectivity index (χ2v) is 6.92. The summed E-state index contributed by atoms with van der Waals surface area (Å²) in [5, 5.41) is 3.57. The molecule has 2 aromatic rings. The number of carbonyl (C=O) groups excluding carboxylic acids is 1. The van der Waals surface area contributed by atoms with Crippen LogP contribution in [0.3, 0.4) is 0 Å². The number of amides is 1. The fourth-order valence-electron chi connectivity index (χ4n) is 2.96. The number of nitrogens with one attached hydrogen (secondary N) is 1. The number of benzene rings is 1. The fourth-order valence-corrected chi connectivity index (χ4v) is 3.19. The van der Waals surface area contributed by atoms with Gasteiger partial charge in [0.1, 0.15) is 5.69 Å². The van der Waals surface area contributed by atoms with Crippen molar-refractivity contribution in [1.29, 1.82) is 0 Å². The second kappa shape index (κ2) is 7.22. The molecule has 0 spiro atoms. The summed E-state index contributed by atoms with van der Waals surface area (Å²) in [4.78, 5) is 19.1. The molecule has 5 heteroatoms. The Balaban J connectivity index is 1.74. The summed E-state index contributed by atoms with van der Waals surface area (Å²) in [6, 6.07) is 9.25. The monoisotopic (exact) mass is 343 g/mol. The maximum absolute atomic E-state index is 12.5. The van der Waals surface area contributed by atoms with E-state index in [4.69, 9.17) is 11.6 Å². The van der Waals surface area contributed by atoms with E-state index in [-0.39, 0.29) is 5.91 Å². The van der Waals surface area contributed by atoms with E-state index in [0.29, 0.717) is 10.7 Å². The predicted octanol–water partition coefficient (Wildman–Crippen LogP) is 4.53. The minimum Gasteiger partial charge on any atom is -0.371 e. The summed E-state index contributed by atoms with van der Waals surface area (Å²) < 4.78 is 0. The summed E-state index contributed by atoms with van der Waals surface area (Å²) in [6.07, 6.45) is 4.08. The molecule has 126 valence electrons. The largest absolute Gasteiger partial charge is 0.371 e. The highest BCUT2D eigenvalue weighted by molar-refractivity contribution is 6.30. The third-order valence-corrected chi connectivity index (χ3v) is 4.80. The Bertz CT molecular complexity index is 739. The zero-order chi connectivity index (χ0) is 17.1. The maximum Gasteiger partial charge on any atom is 0.274 e. The summed E-state index contributed by atoms with van der Waals surface area (Å²) in [6.45, 7) is 6.27. The van der Waals surface area contributed by atoms with E-state index in [0.717, 1.165) is 35.9 Å². The van der Waals surface area contributed by atoms with Crippen LogP contribution in [0.4, 0.5) is 11.4 Å². The average molecular weight is 344 g/mol. The number of aryl methyl sites for hydroxylation is 1. The summed E-state index contributed by atoms with van der Waals surface area (Å²) in [7, 11) is 0. The van der Waals surface area contributed by atoms with E-state index < -0.39 is 0 Å². The number of halogens is 1. The highest BCUT2D eigenvalue weighted by Gasteiger charge is 2.17. The number of piperidine rings is 1. The van der Waals surface area contributed by atoms with Gasteiger partial charge in [0.25, 0.3) is 5.91 Å². The van der Waals surface area contributed by atoms with Crippen LogP contribution in [0, 0.1) is 12.8 Å². The second-order valence-electron chi connectivity index (χ2n) is 6.48. The quantitative estimate of drug-likeness (QED) is 0.890. The van der Waals surface area contributed by atoms with Gasteiger partial charge >= 0.3 is 0 Å². The van der Waals surface area contributed by atoms with Crippen molar-refractivity contribution in [2.24, 2.45) is 5.92 Å². The van der Waals surface area contributed by atoms with Crippen molar-refractivity contribution < 1.29 is 4.79 Å². The Labute approximate surface area is 147 Å². The topological polar surface area (TPSA) is 45.2 Å². The van der Waals surface area contributed by atoms with E-state index in [1.54, 1.807) is 12.3 Å². The number of hydrogen-bond acceptors (Lipinski definition) is 3. The Hall–Kier alpha value is -2.07. The number of pyridine rings is 1. The van der Waals surface area contributed by atoms with Crippen molar-refractivity contribution in [3.63, 3.8) is 0 Å². The first kappa shape index (κ1) is 16.8. The minimum atomic E-state index is -0.201. The molecule has 0 bridgehead atoms. The van der Waals surface area contributed by atoms with Gasteiger partial charge in [0, 0.05) is 35.7 Å². The van der Waals surface area contributed by atoms with E-state index in [1.165, 1.54) is 12.8 Å². The van der Waals surface area contributed by atoms with Crippen molar-refractivity contribution in [1.82, 2.24) is 4.98 Å². The number of anilines is 2. The number of hydrogen-bond donors (Lipinski definition) is 1. The van der Waals surface area contributed by atoms with Gasteiger partial charge in [-0.2, -0.15) is 0 Å². The molecule has 1 aliphatic rings. The Morgan fingerprint density at radius 2 is 2.00 bits per heavy atom. The third kappa shape index (κ3) is 3.88. The van der Waals surface area contributed by atoms with E-state index in [9.17, 15) is 4.79 Å². The molecule has 0 saturated carbocycles. The maximum atomic E-state index is 12.5. The Morgan fingerprint density at radius 1 is 1.25 bits per heavy atom. The number of aromatic nitrogens is 1. The van der Waals surface area contributed by atoms with E-state index >= 15 is 0 Å². The molecular weight excluding hydrogens is 322 g/mol. The molecule has 1 aromatic heterocycles. The molecule has 24 heavy (non-hydrogen) atoms. The Kier molecular flexibility index (Phi) is 5.05. The number of rotatable bonds is 3. The highest BCUT2D eigenvalue weighted by atomic mass is 35.5. The van der Waals surface area contributed by atoms with Crippen molar-refractivity contribution >= 4 is 28.9 Å². The zero-order valence-corrected chi connectivity index (χ0v) is 14.8. The lowest BCUT2D eigenvalue weighted by Gasteiger charge is -2.32. The van der Waals surface area contributed by atoms with Crippen LogP contribution in [0.25, 0.3) is 0 Å². The van der Waals surface area contributed by atoms with Crippen LogP contribution in [-0.4, -0.2) is 24.0 Å². The average Bonchev–Trinajstić information content (AvgIpc) is 2.58. The fraction of sp³-hybridized carbons (Fsp3) is 0.368. The normalized spacial score (nSPS) is 15.4. The first-order valence-electron chi connectivity index (χ1n) is 8.31. The minimum absolute atomic E-state index is 0.201. The van der Waals surface area contributed by atoms with Crippen molar-refractivity contribution in [3.05, 3.63) is 52.8 Å². The highest BCUT2D eigenvalue weighted by Crippen LogP contribution is 2.24. The van der Waals surface area contributed by atoms with Gasteiger partial charge in [-0.3, -0.25) is 9.78 Å². The van der Waals surface area contributed by atoms with Gasteiger partial charge in [-0.1, -0.05) is 18.5 Å². The van der Waals surface area contributed by atoms with Gasteiger partial charge in [0.15, 0.2) is 0 Å². The molecular formula is C19H22ClN3O. The first-order chi connectivity index (χ1) is 11.5. The third-order valence-electron chi connectivity index (χ3n) is 4.56. The van der Waals surface area contributed by atoms with Crippen LogP contribution in [0.15, 0.2) is 36.5 Å². The predicted molar refractivity (Wildman–Crippen MR) is 99.0 cm³/mol. The molecule has 0 unspecified atom stereocenters. The van der Waals surface area contributed by atoms with Crippen molar-refractivity contribution in [2.75, 3.05) is 23.3 Å². The summed E-state index contributed by atoms with van der Waals surface area (Å²) in [5.41, 5.74) is 3.18. The van der Waals surface area contributed by atoms with Gasteiger partial charge in [0.05, 0.1) is 0 Å². The van der Waals surface area contributed by atoms with Gasteiger partial charge in [-0.25, -0.2) is 0 Å². The molecule has 1 fully saturated rings. The molecule has 1 aromatic carbocycles. The lowest BCUT2D eigenvalue weighted by atomic mass is 9.99. The smallest absolute Gasteiger partial charge is 0.274 e. The van der Waals surface area contributed by atoms with Gasteiger partial charge in [0.2, 0.25) is 0 Å². The zero-order valence-electron chi connectivity index (χ0n) is 14.1. The first-order valence-corrected chi connectivity index (χ1v) is 8.69. The van der Waals surface area contributed by atoms with Crippen LogP contribution < -0.4 is 10.2 Å². The molecule has 4 nitrogen and oxygen atoms in total.